The van der Waals surface area contributed by atoms with E-state index in [1.54, 1.807) is 11.3 Å². The molecule has 0 atom stereocenters. The summed E-state index contributed by atoms with van der Waals surface area (Å²) >= 11 is 1.68. The van der Waals surface area contributed by atoms with E-state index in [1.165, 1.54) is 6.42 Å². The van der Waals surface area contributed by atoms with E-state index in [0.29, 0.717) is 5.92 Å². The molecule has 0 spiro atoms. The second kappa shape index (κ2) is 6.05. The lowest BCUT2D eigenvalue weighted by molar-refractivity contribution is 0.607. The van der Waals surface area contributed by atoms with Crippen molar-refractivity contribution in [2.45, 2.75) is 40.5 Å². The van der Waals surface area contributed by atoms with Gasteiger partial charge in [0.15, 0.2) is 0 Å². The maximum atomic E-state index is 4.16. The van der Waals surface area contributed by atoms with Crippen molar-refractivity contribution in [3.05, 3.63) is 5.01 Å². The Bertz CT molecular complexity index is 281. The van der Waals surface area contributed by atoms with E-state index in [4.69, 9.17) is 0 Å². The van der Waals surface area contributed by atoms with Crippen LogP contribution in [0.1, 0.15) is 39.1 Å². The molecule has 0 saturated heterocycles. The van der Waals surface area contributed by atoms with Crippen molar-refractivity contribution in [2.75, 3.05) is 11.9 Å². The van der Waals surface area contributed by atoms with Crippen molar-refractivity contribution in [1.29, 1.82) is 0 Å². The average molecular weight is 227 g/mol. The third kappa shape index (κ3) is 5.11. The first kappa shape index (κ1) is 12.4. The summed E-state index contributed by atoms with van der Waals surface area (Å²) < 4.78 is 0. The molecule has 0 bridgehead atoms. The SMILES string of the molecule is CC(C)CCNc1nnc(CC(C)C)s1. The van der Waals surface area contributed by atoms with E-state index >= 15 is 0 Å². The second-order valence-corrected chi connectivity index (χ2v) is 5.77. The molecule has 1 N–H and O–H groups in total. The summed E-state index contributed by atoms with van der Waals surface area (Å²) in [6.07, 6.45) is 2.21. The van der Waals surface area contributed by atoms with Crippen LogP contribution in [-0.4, -0.2) is 16.7 Å². The standard InChI is InChI=1S/C11H21N3S/c1-8(2)5-6-12-11-14-13-10(15-11)7-9(3)4/h8-9H,5-7H2,1-4H3,(H,12,14). The fourth-order valence-electron chi connectivity index (χ4n) is 1.22. The van der Waals surface area contributed by atoms with Crippen molar-refractivity contribution in [1.82, 2.24) is 10.2 Å². The summed E-state index contributed by atoms with van der Waals surface area (Å²) in [4.78, 5) is 0. The van der Waals surface area contributed by atoms with E-state index in [9.17, 15) is 0 Å². The molecular formula is C11H21N3S. The zero-order valence-corrected chi connectivity index (χ0v) is 10.9. The van der Waals surface area contributed by atoms with Crippen LogP contribution in [0.4, 0.5) is 5.13 Å². The van der Waals surface area contributed by atoms with Crippen molar-refractivity contribution in [3.63, 3.8) is 0 Å². The van der Waals surface area contributed by atoms with Crippen LogP contribution in [0.15, 0.2) is 0 Å². The largest absolute Gasteiger partial charge is 0.360 e. The normalized spacial score (nSPS) is 11.3. The molecule has 86 valence electrons. The molecule has 0 amide bonds. The first-order valence-electron chi connectivity index (χ1n) is 5.64. The fraction of sp³-hybridized carbons (Fsp3) is 0.818. The van der Waals surface area contributed by atoms with Gasteiger partial charge in [0.05, 0.1) is 0 Å². The van der Waals surface area contributed by atoms with Gasteiger partial charge in [-0.25, -0.2) is 0 Å². The van der Waals surface area contributed by atoms with Crippen LogP contribution < -0.4 is 5.32 Å². The van der Waals surface area contributed by atoms with Crippen LogP contribution in [0.25, 0.3) is 0 Å². The summed E-state index contributed by atoms with van der Waals surface area (Å²) in [5, 5.41) is 13.7. The number of hydrogen-bond donors (Lipinski definition) is 1. The highest BCUT2D eigenvalue weighted by Gasteiger charge is 2.05. The minimum atomic E-state index is 0.654. The average Bonchev–Trinajstić information content (AvgIpc) is 2.50. The maximum Gasteiger partial charge on any atom is 0.205 e. The molecule has 3 nitrogen and oxygen atoms in total. The van der Waals surface area contributed by atoms with Crippen LogP contribution in [-0.2, 0) is 6.42 Å². The molecule has 1 aromatic rings. The minimum Gasteiger partial charge on any atom is -0.360 e. The quantitative estimate of drug-likeness (QED) is 0.811. The Labute approximate surface area is 96.3 Å². The minimum absolute atomic E-state index is 0.654. The Morgan fingerprint density at radius 1 is 1.13 bits per heavy atom. The maximum absolute atomic E-state index is 4.16. The molecule has 0 unspecified atom stereocenters. The van der Waals surface area contributed by atoms with E-state index in [1.807, 2.05) is 0 Å². The van der Waals surface area contributed by atoms with E-state index in [2.05, 4.69) is 43.2 Å². The van der Waals surface area contributed by atoms with Gasteiger partial charge in [0.25, 0.3) is 0 Å². The number of aromatic nitrogens is 2. The third-order valence-electron chi connectivity index (χ3n) is 2.05. The number of nitrogens with one attached hydrogen (secondary N) is 1. The predicted molar refractivity (Wildman–Crippen MR) is 66.4 cm³/mol. The van der Waals surface area contributed by atoms with E-state index in [0.717, 1.165) is 29.0 Å². The third-order valence-corrected chi connectivity index (χ3v) is 2.95. The number of nitrogens with zero attached hydrogens (tertiary/aromatic N) is 2. The monoisotopic (exact) mass is 227 g/mol. The summed E-state index contributed by atoms with van der Waals surface area (Å²) in [5.41, 5.74) is 0. The highest BCUT2D eigenvalue weighted by Crippen LogP contribution is 2.18. The summed E-state index contributed by atoms with van der Waals surface area (Å²) in [7, 11) is 0. The summed E-state index contributed by atoms with van der Waals surface area (Å²) in [5.74, 6) is 1.39. The van der Waals surface area contributed by atoms with Crippen LogP contribution >= 0.6 is 11.3 Å². The topological polar surface area (TPSA) is 37.8 Å². The molecule has 1 aromatic heterocycles. The van der Waals surface area contributed by atoms with Crippen LogP contribution in [0, 0.1) is 11.8 Å². The van der Waals surface area contributed by atoms with Gasteiger partial charge in [0.2, 0.25) is 5.13 Å². The first-order valence-corrected chi connectivity index (χ1v) is 6.45. The first-order chi connectivity index (χ1) is 7.08. The van der Waals surface area contributed by atoms with Gasteiger partial charge in [-0.15, -0.1) is 10.2 Å². The molecule has 0 aliphatic rings. The lowest BCUT2D eigenvalue weighted by Crippen LogP contribution is -2.04. The van der Waals surface area contributed by atoms with Gasteiger partial charge in [-0.3, -0.25) is 0 Å². The number of hydrogen-bond acceptors (Lipinski definition) is 4. The zero-order chi connectivity index (χ0) is 11.3. The van der Waals surface area contributed by atoms with Crippen LogP contribution in [0.5, 0.6) is 0 Å². The molecule has 0 aliphatic heterocycles. The van der Waals surface area contributed by atoms with Gasteiger partial charge in [0.1, 0.15) is 5.01 Å². The Morgan fingerprint density at radius 2 is 1.87 bits per heavy atom. The molecule has 0 aromatic carbocycles. The molecule has 4 heteroatoms. The molecule has 0 fully saturated rings. The van der Waals surface area contributed by atoms with Crippen LogP contribution in [0.2, 0.25) is 0 Å². The Hall–Kier alpha value is -0.640. The molecular weight excluding hydrogens is 206 g/mol. The van der Waals surface area contributed by atoms with Crippen LogP contribution in [0.3, 0.4) is 0 Å². The van der Waals surface area contributed by atoms with Gasteiger partial charge in [-0.2, -0.15) is 0 Å². The summed E-state index contributed by atoms with van der Waals surface area (Å²) in [6.45, 7) is 9.85. The lowest BCUT2D eigenvalue weighted by atomic mass is 10.1. The van der Waals surface area contributed by atoms with E-state index in [-0.39, 0.29) is 0 Å². The molecule has 1 rings (SSSR count). The van der Waals surface area contributed by atoms with Gasteiger partial charge in [-0.1, -0.05) is 39.0 Å². The van der Waals surface area contributed by atoms with Crippen molar-refractivity contribution >= 4 is 16.5 Å². The van der Waals surface area contributed by atoms with Crippen molar-refractivity contribution in [2.24, 2.45) is 11.8 Å². The molecule has 0 saturated carbocycles. The van der Waals surface area contributed by atoms with Gasteiger partial charge in [-0.05, 0) is 18.3 Å². The Balaban J connectivity index is 2.33. The Morgan fingerprint density at radius 3 is 2.47 bits per heavy atom. The Kier molecular flexibility index (Phi) is 5.02. The highest BCUT2D eigenvalue weighted by atomic mass is 32.1. The van der Waals surface area contributed by atoms with Gasteiger partial charge in [0, 0.05) is 13.0 Å². The summed E-state index contributed by atoms with van der Waals surface area (Å²) in [6, 6.07) is 0. The lowest BCUT2D eigenvalue weighted by Gasteiger charge is -2.03. The smallest absolute Gasteiger partial charge is 0.205 e. The molecule has 0 radical (unpaired) electrons. The highest BCUT2D eigenvalue weighted by molar-refractivity contribution is 7.15. The number of rotatable bonds is 6. The zero-order valence-electron chi connectivity index (χ0n) is 10.1. The second-order valence-electron chi connectivity index (χ2n) is 4.71. The molecule has 0 aliphatic carbocycles. The van der Waals surface area contributed by atoms with Gasteiger partial charge < -0.3 is 5.32 Å². The van der Waals surface area contributed by atoms with Gasteiger partial charge >= 0.3 is 0 Å². The number of anilines is 1. The molecule has 15 heavy (non-hydrogen) atoms. The van der Waals surface area contributed by atoms with Crippen molar-refractivity contribution in [3.8, 4) is 0 Å². The van der Waals surface area contributed by atoms with Crippen molar-refractivity contribution < 1.29 is 0 Å². The predicted octanol–water partition coefficient (Wildman–Crippen LogP) is 3.19. The fourth-order valence-corrected chi connectivity index (χ4v) is 2.20. The molecule has 1 heterocycles. The van der Waals surface area contributed by atoms with E-state index < -0.39 is 0 Å².